The Hall–Kier alpha value is -3.39. The highest BCUT2D eigenvalue weighted by Gasteiger charge is 2.46. The third-order valence-electron chi connectivity index (χ3n) is 5.11. The fourth-order valence-corrected chi connectivity index (χ4v) is 3.61. The largest absolute Gasteiger partial charge is 0.507 e. The van der Waals surface area contributed by atoms with E-state index in [9.17, 15) is 14.7 Å². The molecule has 8 heteroatoms. The van der Waals surface area contributed by atoms with Crippen molar-refractivity contribution in [2.45, 2.75) is 6.04 Å². The first kappa shape index (κ1) is 19.9. The van der Waals surface area contributed by atoms with Crippen LogP contribution in [0.1, 0.15) is 17.3 Å². The zero-order valence-electron chi connectivity index (χ0n) is 16.9. The summed E-state index contributed by atoms with van der Waals surface area (Å²) in [4.78, 5) is 33.5. The summed E-state index contributed by atoms with van der Waals surface area (Å²) in [6.45, 7) is 1.76. The van der Waals surface area contributed by atoms with E-state index < -0.39 is 17.7 Å². The summed E-state index contributed by atoms with van der Waals surface area (Å²) in [5.41, 5.74) is 0.925. The van der Waals surface area contributed by atoms with Crippen LogP contribution in [0.15, 0.2) is 48.2 Å². The van der Waals surface area contributed by atoms with Gasteiger partial charge in [-0.25, -0.2) is 0 Å². The van der Waals surface area contributed by atoms with Crippen LogP contribution in [0.4, 0.5) is 0 Å². The normalized spacial score (nSPS) is 20.1. The average molecular weight is 409 g/mol. The van der Waals surface area contributed by atoms with Gasteiger partial charge in [-0.15, -0.1) is 0 Å². The molecule has 1 aromatic heterocycles. The van der Waals surface area contributed by atoms with Gasteiger partial charge in [-0.05, 0) is 44.4 Å². The summed E-state index contributed by atoms with van der Waals surface area (Å²) in [6, 6.07) is 9.48. The van der Waals surface area contributed by atoms with Gasteiger partial charge in [0.15, 0.2) is 11.5 Å². The molecule has 1 amide bonds. The molecule has 0 spiro atoms. The van der Waals surface area contributed by atoms with E-state index in [0.29, 0.717) is 49.1 Å². The van der Waals surface area contributed by atoms with Crippen LogP contribution in [0.25, 0.3) is 5.76 Å². The quantitative estimate of drug-likeness (QED) is 0.458. The van der Waals surface area contributed by atoms with Crippen molar-refractivity contribution in [1.29, 1.82) is 0 Å². The maximum Gasteiger partial charge on any atom is 0.295 e. The predicted octanol–water partition coefficient (Wildman–Crippen LogP) is 1.84. The second kappa shape index (κ2) is 8.16. The molecule has 30 heavy (non-hydrogen) atoms. The number of carbonyl (C=O) groups excluding carboxylic acids is 2. The van der Waals surface area contributed by atoms with Gasteiger partial charge >= 0.3 is 0 Å². The number of likely N-dealkylation sites (tertiary alicyclic amines) is 1. The van der Waals surface area contributed by atoms with Gasteiger partial charge in [0.2, 0.25) is 0 Å². The van der Waals surface area contributed by atoms with Crippen molar-refractivity contribution >= 4 is 17.4 Å². The van der Waals surface area contributed by atoms with Crippen molar-refractivity contribution in [2.75, 3.05) is 40.4 Å². The van der Waals surface area contributed by atoms with Gasteiger partial charge in [-0.2, -0.15) is 0 Å². The fraction of sp³-hybridized carbons (Fsp3) is 0.318. The highest BCUT2D eigenvalue weighted by molar-refractivity contribution is 6.46. The van der Waals surface area contributed by atoms with E-state index >= 15 is 0 Å². The number of hydrogen-bond donors (Lipinski definition) is 1. The van der Waals surface area contributed by atoms with Gasteiger partial charge < -0.3 is 24.4 Å². The molecule has 2 aromatic rings. The van der Waals surface area contributed by atoms with E-state index in [4.69, 9.17) is 9.47 Å². The molecular weight excluding hydrogens is 386 g/mol. The molecule has 4 rings (SSSR count). The molecule has 1 saturated heterocycles. The lowest BCUT2D eigenvalue weighted by molar-refractivity contribution is -0.140. The van der Waals surface area contributed by atoms with E-state index in [1.165, 1.54) is 4.90 Å². The molecule has 1 N–H and O–H groups in total. The number of amides is 1. The molecule has 1 aromatic carbocycles. The number of benzene rings is 1. The maximum absolute atomic E-state index is 12.9. The Morgan fingerprint density at radius 2 is 1.93 bits per heavy atom. The molecule has 1 fully saturated rings. The van der Waals surface area contributed by atoms with E-state index in [1.807, 2.05) is 19.0 Å². The number of rotatable bonds is 5. The Labute approximate surface area is 174 Å². The molecule has 0 radical (unpaired) electrons. The van der Waals surface area contributed by atoms with Crippen molar-refractivity contribution in [3.8, 4) is 11.5 Å². The van der Waals surface area contributed by atoms with Crippen LogP contribution in [0.2, 0.25) is 0 Å². The lowest BCUT2D eigenvalue weighted by Crippen LogP contribution is -2.35. The number of likely N-dealkylation sites (N-methyl/N-ethyl adjacent to an activating group) is 1. The molecular formula is C22H23N3O5. The van der Waals surface area contributed by atoms with Crippen LogP contribution in [-0.4, -0.2) is 72.0 Å². The third kappa shape index (κ3) is 3.61. The predicted molar refractivity (Wildman–Crippen MR) is 109 cm³/mol. The topological polar surface area (TPSA) is 92.2 Å². The van der Waals surface area contributed by atoms with Crippen LogP contribution in [-0.2, 0) is 9.59 Å². The second-order valence-corrected chi connectivity index (χ2v) is 7.41. The summed E-state index contributed by atoms with van der Waals surface area (Å²) in [5.74, 6) is -0.566. The van der Waals surface area contributed by atoms with Crippen LogP contribution in [0.3, 0.4) is 0 Å². The molecule has 2 aliphatic rings. The number of ketones is 1. The maximum atomic E-state index is 12.9. The van der Waals surface area contributed by atoms with Gasteiger partial charge in [0, 0.05) is 24.8 Å². The molecule has 8 nitrogen and oxygen atoms in total. The fourth-order valence-electron chi connectivity index (χ4n) is 3.61. The molecule has 1 atom stereocenters. The molecule has 0 bridgehead atoms. The number of nitrogens with zero attached hydrogens (tertiary/aromatic N) is 3. The molecule has 2 aliphatic heterocycles. The first-order valence-corrected chi connectivity index (χ1v) is 9.71. The number of hydrogen-bond acceptors (Lipinski definition) is 7. The van der Waals surface area contributed by atoms with Crippen molar-refractivity contribution in [3.05, 3.63) is 59.4 Å². The molecule has 156 valence electrons. The average Bonchev–Trinajstić information content (AvgIpc) is 3.02. The highest BCUT2D eigenvalue weighted by Crippen LogP contribution is 2.40. The van der Waals surface area contributed by atoms with E-state index in [1.54, 1.807) is 42.6 Å². The lowest BCUT2D eigenvalue weighted by atomic mass is 9.98. The number of aromatic nitrogens is 1. The Bertz CT molecular complexity index is 1000. The van der Waals surface area contributed by atoms with Gasteiger partial charge in [0.25, 0.3) is 11.7 Å². The number of fused-ring (bicyclic) bond motifs is 1. The third-order valence-corrected chi connectivity index (χ3v) is 5.11. The summed E-state index contributed by atoms with van der Waals surface area (Å²) < 4.78 is 11.1. The van der Waals surface area contributed by atoms with Crippen molar-refractivity contribution < 1.29 is 24.2 Å². The van der Waals surface area contributed by atoms with Gasteiger partial charge in [0.1, 0.15) is 25.0 Å². The summed E-state index contributed by atoms with van der Waals surface area (Å²) in [6.07, 6.45) is 1.60. The number of ether oxygens (including phenoxy) is 2. The molecule has 0 saturated carbocycles. The summed E-state index contributed by atoms with van der Waals surface area (Å²) in [7, 11) is 3.78. The summed E-state index contributed by atoms with van der Waals surface area (Å²) in [5, 5.41) is 11.1. The first-order valence-electron chi connectivity index (χ1n) is 9.71. The number of aliphatic hydroxyl groups excluding tert-OH is 1. The number of Topliss-reactive ketones (excluding diaryl/α,β-unsaturated/α-hetero) is 1. The Balaban J connectivity index is 1.81. The number of pyridine rings is 1. The summed E-state index contributed by atoms with van der Waals surface area (Å²) >= 11 is 0. The van der Waals surface area contributed by atoms with Crippen LogP contribution < -0.4 is 9.47 Å². The first-order chi connectivity index (χ1) is 14.5. The molecule has 1 unspecified atom stereocenters. The molecule has 0 aliphatic carbocycles. The lowest BCUT2D eigenvalue weighted by Gasteiger charge is -2.25. The van der Waals surface area contributed by atoms with Crippen LogP contribution in [0.5, 0.6) is 11.5 Å². The van der Waals surface area contributed by atoms with Crippen molar-refractivity contribution in [1.82, 2.24) is 14.8 Å². The van der Waals surface area contributed by atoms with Crippen LogP contribution in [0, 0.1) is 0 Å². The zero-order chi connectivity index (χ0) is 21.3. The standard InChI is InChI=1S/C22H23N3O5/c1-24(2)9-10-25-19(15-5-3-4-8-23-15)18(21(27)22(25)28)20(26)14-6-7-16-17(13-14)30-12-11-29-16/h3-8,13,19,26H,9-12H2,1-2H3/b20-18-. The Kier molecular flexibility index (Phi) is 5.41. The number of carbonyl (C=O) groups is 2. The SMILES string of the molecule is CN(C)CCN1C(=O)C(=O)/C(=C(\O)c2ccc3c(c2)OCCO3)C1c1ccccn1. The van der Waals surface area contributed by atoms with Gasteiger partial charge in [-0.1, -0.05) is 6.07 Å². The second-order valence-electron chi connectivity index (χ2n) is 7.41. The smallest absolute Gasteiger partial charge is 0.295 e. The van der Waals surface area contributed by atoms with Gasteiger partial charge in [0.05, 0.1) is 11.3 Å². The minimum absolute atomic E-state index is 0.0223. The monoisotopic (exact) mass is 409 g/mol. The van der Waals surface area contributed by atoms with E-state index in [0.717, 1.165) is 0 Å². The van der Waals surface area contributed by atoms with E-state index in [2.05, 4.69) is 4.98 Å². The minimum Gasteiger partial charge on any atom is -0.507 e. The Morgan fingerprint density at radius 3 is 2.63 bits per heavy atom. The molecule has 3 heterocycles. The van der Waals surface area contributed by atoms with Crippen molar-refractivity contribution in [2.24, 2.45) is 0 Å². The van der Waals surface area contributed by atoms with Gasteiger partial charge in [-0.3, -0.25) is 14.6 Å². The Morgan fingerprint density at radius 1 is 1.17 bits per heavy atom. The van der Waals surface area contributed by atoms with E-state index in [-0.39, 0.29) is 11.3 Å². The zero-order valence-corrected chi connectivity index (χ0v) is 16.9. The number of aliphatic hydroxyl groups is 1. The highest BCUT2D eigenvalue weighted by atomic mass is 16.6. The van der Waals surface area contributed by atoms with Crippen LogP contribution >= 0.6 is 0 Å². The minimum atomic E-state index is -0.764. The van der Waals surface area contributed by atoms with Crippen molar-refractivity contribution in [3.63, 3.8) is 0 Å².